The van der Waals surface area contributed by atoms with Crippen molar-refractivity contribution in [3.8, 4) is 0 Å². The van der Waals surface area contributed by atoms with Gasteiger partial charge in [-0.15, -0.1) is 0 Å². The van der Waals surface area contributed by atoms with Crippen LogP contribution in [0.1, 0.15) is 31.2 Å². The molecule has 2 fully saturated rings. The van der Waals surface area contributed by atoms with Crippen molar-refractivity contribution in [3.05, 3.63) is 34.9 Å². The summed E-state index contributed by atoms with van der Waals surface area (Å²) in [5.74, 6) is -0.319. The van der Waals surface area contributed by atoms with Crippen molar-refractivity contribution in [2.75, 3.05) is 13.2 Å². The van der Waals surface area contributed by atoms with E-state index in [4.69, 9.17) is 21.1 Å². The predicted molar refractivity (Wildman–Crippen MR) is 80.2 cm³/mol. The third-order valence-electron chi connectivity index (χ3n) is 4.18. The summed E-state index contributed by atoms with van der Waals surface area (Å²) in [7, 11) is 0. The van der Waals surface area contributed by atoms with Gasteiger partial charge in [-0.3, -0.25) is 4.79 Å². The summed E-state index contributed by atoms with van der Waals surface area (Å²) in [6, 6.07) is 7.64. The van der Waals surface area contributed by atoms with Gasteiger partial charge in [-0.2, -0.15) is 0 Å². The molecule has 1 aliphatic heterocycles. The Morgan fingerprint density at radius 1 is 1.29 bits per heavy atom. The van der Waals surface area contributed by atoms with Crippen molar-refractivity contribution < 1.29 is 14.3 Å². The minimum atomic E-state index is -0.367. The highest BCUT2D eigenvalue weighted by Crippen LogP contribution is 2.35. The van der Waals surface area contributed by atoms with Crippen LogP contribution < -0.4 is 5.32 Å². The zero-order valence-electron chi connectivity index (χ0n) is 11.9. The second-order valence-corrected chi connectivity index (χ2v) is 6.19. The van der Waals surface area contributed by atoms with E-state index in [0.717, 1.165) is 31.2 Å². The van der Waals surface area contributed by atoms with Crippen LogP contribution >= 0.6 is 11.6 Å². The normalized spacial score (nSPS) is 21.6. The Balaban J connectivity index is 1.47. The maximum Gasteiger partial charge on any atom is 0.224 e. The first-order valence-corrected chi connectivity index (χ1v) is 7.85. The van der Waals surface area contributed by atoms with Crippen molar-refractivity contribution >= 4 is 17.5 Å². The van der Waals surface area contributed by atoms with Crippen LogP contribution in [-0.4, -0.2) is 30.9 Å². The Kier molecular flexibility index (Phi) is 4.48. The highest BCUT2D eigenvalue weighted by Gasteiger charge is 2.40. The topological polar surface area (TPSA) is 47.6 Å². The number of ether oxygens (including phenoxy) is 2. The van der Waals surface area contributed by atoms with Gasteiger partial charge in [-0.1, -0.05) is 23.7 Å². The van der Waals surface area contributed by atoms with Crippen molar-refractivity contribution in [1.82, 2.24) is 5.32 Å². The molecule has 21 heavy (non-hydrogen) atoms. The van der Waals surface area contributed by atoms with Gasteiger partial charge in [-0.05, 0) is 30.5 Å². The van der Waals surface area contributed by atoms with Crippen molar-refractivity contribution in [1.29, 1.82) is 0 Å². The van der Waals surface area contributed by atoms with E-state index in [9.17, 15) is 4.79 Å². The monoisotopic (exact) mass is 309 g/mol. The van der Waals surface area contributed by atoms with E-state index >= 15 is 0 Å². The number of nitrogens with one attached hydrogen (secondary N) is 1. The number of rotatable bonds is 3. The summed E-state index contributed by atoms with van der Waals surface area (Å²) in [5.41, 5.74) is 0.940. The lowest BCUT2D eigenvalue weighted by molar-refractivity contribution is -0.180. The molecule has 0 aromatic heterocycles. The van der Waals surface area contributed by atoms with Crippen LogP contribution in [0.5, 0.6) is 0 Å². The molecular weight excluding hydrogens is 290 g/mol. The molecule has 1 aromatic rings. The second-order valence-electron chi connectivity index (χ2n) is 5.76. The van der Waals surface area contributed by atoms with Gasteiger partial charge in [0.25, 0.3) is 0 Å². The number of carbonyl (C=O) groups excluding carboxylic acids is 1. The molecule has 3 rings (SSSR count). The molecule has 1 spiro atoms. The van der Waals surface area contributed by atoms with Crippen LogP contribution in [0.4, 0.5) is 0 Å². The molecule has 1 aliphatic carbocycles. The van der Waals surface area contributed by atoms with Crippen molar-refractivity contribution in [3.63, 3.8) is 0 Å². The number of amides is 1. The van der Waals surface area contributed by atoms with Crippen LogP contribution in [0.3, 0.4) is 0 Å². The van der Waals surface area contributed by atoms with Crippen LogP contribution in [-0.2, 0) is 20.7 Å². The molecule has 1 amide bonds. The molecule has 1 saturated heterocycles. The standard InChI is InChI=1S/C16H20ClNO3/c17-13-3-1-2-12(10-13)11-15(19)18-14-4-6-16(7-5-14)20-8-9-21-16/h1-3,10,14H,4-9,11H2,(H,18,19). The maximum atomic E-state index is 12.1. The van der Waals surface area contributed by atoms with Crippen molar-refractivity contribution in [2.24, 2.45) is 0 Å². The molecule has 114 valence electrons. The van der Waals surface area contributed by atoms with E-state index in [1.807, 2.05) is 24.3 Å². The van der Waals surface area contributed by atoms with E-state index in [2.05, 4.69) is 5.32 Å². The molecule has 4 nitrogen and oxygen atoms in total. The fraction of sp³-hybridized carbons (Fsp3) is 0.562. The Labute approximate surface area is 129 Å². The minimum Gasteiger partial charge on any atom is -0.353 e. The average molecular weight is 310 g/mol. The van der Waals surface area contributed by atoms with Crippen molar-refractivity contribution in [2.45, 2.75) is 43.9 Å². The van der Waals surface area contributed by atoms with Gasteiger partial charge in [0.15, 0.2) is 5.79 Å². The Morgan fingerprint density at radius 3 is 2.67 bits per heavy atom. The quantitative estimate of drug-likeness (QED) is 0.934. The zero-order valence-corrected chi connectivity index (χ0v) is 12.7. The van der Waals surface area contributed by atoms with E-state index in [-0.39, 0.29) is 17.7 Å². The fourth-order valence-corrected chi connectivity index (χ4v) is 3.31. The summed E-state index contributed by atoms with van der Waals surface area (Å²) in [6.07, 6.45) is 3.89. The lowest BCUT2D eigenvalue weighted by Crippen LogP contribution is -2.44. The van der Waals surface area contributed by atoms with Crippen LogP contribution in [0.15, 0.2) is 24.3 Å². The zero-order chi connectivity index (χ0) is 14.7. The number of hydrogen-bond donors (Lipinski definition) is 1. The van der Waals surface area contributed by atoms with Gasteiger partial charge in [0, 0.05) is 23.9 Å². The van der Waals surface area contributed by atoms with Crippen LogP contribution in [0, 0.1) is 0 Å². The maximum absolute atomic E-state index is 12.1. The molecule has 1 N–H and O–H groups in total. The van der Waals surface area contributed by atoms with Gasteiger partial charge < -0.3 is 14.8 Å². The first kappa shape index (κ1) is 14.8. The second kappa shape index (κ2) is 6.34. The predicted octanol–water partition coefficient (Wildman–Crippen LogP) is 2.68. The Hall–Kier alpha value is -1.10. The number of benzene rings is 1. The molecule has 0 unspecified atom stereocenters. The fourth-order valence-electron chi connectivity index (χ4n) is 3.10. The third kappa shape index (κ3) is 3.76. The molecule has 0 radical (unpaired) electrons. The molecule has 0 atom stereocenters. The lowest BCUT2D eigenvalue weighted by atomic mass is 9.90. The first-order chi connectivity index (χ1) is 10.2. The summed E-state index contributed by atoms with van der Waals surface area (Å²) in [5, 5.41) is 3.76. The summed E-state index contributed by atoms with van der Waals surface area (Å²) in [6.45, 7) is 1.37. The molecule has 1 aromatic carbocycles. The van der Waals surface area contributed by atoms with E-state index in [1.54, 1.807) is 0 Å². The molecule has 5 heteroatoms. The minimum absolute atomic E-state index is 0.0477. The number of halogens is 1. The third-order valence-corrected chi connectivity index (χ3v) is 4.41. The summed E-state index contributed by atoms with van der Waals surface area (Å²) >= 11 is 5.93. The molecule has 2 aliphatic rings. The lowest BCUT2D eigenvalue weighted by Gasteiger charge is -2.35. The van der Waals surface area contributed by atoms with Gasteiger partial charge >= 0.3 is 0 Å². The van der Waals surface area contributed by atoms with E-state index in [0.29, 0.717) is 24.7 Å². The van der Waals surface area contributed by atoms with Gasteiger partial charge in [0.05, 0.1) is 19.6 Å². The largest absolute Gasteiger partial charge is 0.353 e. The highest BCUT2D eigenvalue weighted by molar-refractivity contribution is 6.30. The number of carbonyl (C=O) groups is 1. The first-order valence-electron chi connectivity index (χ1n) is 7.47. The van der Waals surface area contributed by atoms with Crippen LogP contribution in [0.2, 0.25) is 5.02 Å². The van der Waals surface area contributed by atoms with Gasteiger partial charge in [-0.25, -0.2) is 0 Å². The van der Waals surface area contributed by atoms with E-state index in [1.165, 1.54) is 0 Å². The van der Waals surface area contributed by atoms with Gasteiger partial charge in [0.1, 0.15) is 0 Å². The molecular formula is C16H20ClNO3. The van der Waals surface area contributed by atoms with E-state index < -0.39 is 0 Å². The molecule has 1 heterocycles. The molecule has 0 bridgehead atoms. The average Bonchev–Trinajstić information content (AvgIpc) is 2.90. The summed E-state index contributed by atoms with van der Waals surface area (Å²) in [4.78, 5) is 12.1. The number of hydrogen-bond acceptors (Lipinski definition) is 3. The summed E-state index contributed by atoms with van der Waals surface area (Å²) < 4.78 is 11.4. The Morgan fingerprint density at radius 2 is 2.00 bits per heavy atom. The van der Waals surface area contributed by atoms with Gasteiger partial charge in [0.2, 0.25) is 5.91 Å². The highest BCUT2D eigenvalue weighted by atomic mass is 35.5. The Bertz CT molecular complexity index is 504. The molecule has 1 saturated carbocycles. The SMILES string of the molecule is O=C(Cc1cccc(Cl)c1)NC1CCC2(CC1)OCCO2. The smallest absolute Gasteiger partial charge is 0.224 e. The van der Waals surface area contributed by atoms with Crippen LogP contribution in [0.25, 0.3) is 0 Å².